The van der Waals surface area contributed by atoms with E-state index in [9.17, 15) is 19.5 Å². The van der Waals surface area contributed by atoms with E-state index in [0.717, 1.165) is 44.9 Å². The molecule has 0 heterocycles. The Morgan fingerprint density at radius 2 is 1.17 bits per heavy atom. The SMILES string of the molecule is CCCCC/C=C/C=C/CCCCCCCCC(=O)OCC(COCCC(C(=O)O)[N+](C)(C)C)OC(=O)CC/C=C/CCCCCC. The summed E-state index contributed by atoms with van der Waals surface area (Å²) in [6.07, 6.45) is 32.1. The molecular weight excluding hydrogens is 594 g/mol. The number of aliphatic carboxylic acids is 1. The molecule has 0 saturated carbocycles. The highest BCUT2D eigenvalue weighted by Gasteiger charge is 2.31. The third-order valence-electron chi connectivity index (χ3n) is 8.05. The van der Waals surface area contributed by atoms with Crippen LogP contribution in [0.4, 0.5) is 0 Å². The maximum absolute atomic E-state index is 12.5. The van der Waals surface area contributed by atoms with Gasteiger partial charge >= 0.3 is 17.9 Å². The summed E-state index contributed by atoms with van der Waals surface area (Å²) in [4.78, 5) is 36.6. The number of allylic oxidation sites excluding steroid dienone is 6. The van der Waals surface area contributed by atoms with Crippen molar-refractivity contribution in [3.8, 4) is 0 Å². The Morgan fingerprint density at radius 1 is 0.638 bits per heavy atom. The first-order chi connectivity index (χ1) is 22.6. The Kier molecular flexibility index (Phi) is 29.2. The van der Waals surface area contributed by atoms with Gasteiger partial charge < -0.3 is 23.8 Å². The number of ether oxygens (including phenoxy) is 3. The fraction of sp³-hybridized carbons (Fsp3) is 0.769. The number of carbonyl (C=O) groups is 3. The number of hydrogen-bond acceptors (Lipinski definition) is 6. The second-order valence-corrected chi connectivity index (χ2v) is 13.5. The summed E-state index contributed by atoms with van der Waals surface area (Å²) in [5.74, 6) is -1.56. The van der Waals surface area contributed by atoms with Crippen LogP contribution in [0.2, 0.25) is 0 Å². The van der Waals surface area contributed by atoms with E-state index in [0.29, 0.717) is 19.3 Å². The maximum atomic E-state index is 12.5. The molecule has 8 heteroatoms. The Balaban J connectivity index is 4.43. The van der Waals surface area contributed by atoms with Gasteiger partial charge in [0, 0.05) is 19.3 Å². The second-order valence-electron chi connectivity index (χ2n) is 13.5. The lowest BCUT2D eigenvalue weighted by Crippen LogP contribution is -2.50. The van der Waals surface area contributed by atoms with E-state index in [1.165, 1.54) is 57.8 Å². The van der Waals surface area contributed by atoms with Crippen molar-refractivity contribution in [2.45, 2.75) is 154 Å². The van der Waals surface area contributed by atoms with Crippen LogP contribution in [0.15, 0.2) is 36.5 Å². The van der Waals surface area contributed by atoms with Crippen LogP contribution < -0.4 is 0 Å². The molecule has 0 rings (SSSR count). The number of rotatable bonds is 32. The summed E-state index contributed by atoms with van der Waals surface area (Å²) in [7, 11) is 5.49. The van der Waals surface area contributed by atoms with Crippen LogP contribution in [0.25, 0.3) is 0 Å². The monoisotopic (exact) mass is 665 g/mol. The highest BCUT2D eigenvalue weighted by Crippen LogP contribution is 2.12. The highest BCUT2D eigenvalue weighted by atomic mass is 16.6. The molecule has 0 amide bonds. The maximum Gasteiger partial charge on any atom is 0.362 e. The van der Waals surface area contributed by atoms with Crippen molar-refractivity contribution in [3.63, 3.8) is 0 Å². The number of quaternary nitrogens is 1. The Bertz CT molecular complexity index is 875. The fourth-order valence-corrected chi connectivity index (χ4v) is 5.10. The molecule has 8 nitrogen and oxygen atoms in total. The number of likely N-dealkylation sites (N-methyl/N-ethyl adjacent to an activating group) is 1. The van der Waals surface area contributed by atoms with Gasteiger partial charge in [-0.25, -0.2) is 4.79 Å². The van der Waals surface area contributed by atoms with Crippen molar-refractivity contribution < 1.29 is 38.2 Å². The Morgan fingerprint density at radius 3 is 1.79 bits per heavy atom. The molecule has 2 atom stereocenters. The fourth-order valence-electron chi connectivity index (χ4n) is 5.10. The van der Waals surface area contributed by atoms with Crippen molar-refractivity contribution in [1.29, 1.82) is 0 Å². The molecule has 2 unspecified atom stereocenters. The smallest absolute Gasteiger partial charge is 0.362 e. The molecule has 1 N–H and O–H groups in total. The summed E-state index contributed by atoms with van der Waals surface area (Å²) < 4.78 is 17.1. The zero-order valence-electron chi connectivity index (χ0n) is 30.7. The number of unbranched alkanes of at least 4 members (excludes halogenated alkanes) is 13. The average molecular weight is 665 g/mol. The molecule has 0 spiro atoms. The minimum Gasteiger partial charge on any atom is -0.477 e. The molecule has 272 valence electrons. The van der Waals surface area contributed by atoms with Gasteiger partial charge in [-0.15, -0.1) is 0 Å². The number of carboxylic acid groups (broad SMARTS) is 1. The highest BCUT2D eigenvalue weighted by molar-refractivity contribution is 5.72. The first-order valence-electron chi connectivity index (χ1n) is 18.5. The largest absolute Gasteiger partial charge is 0.477 e. The molecule has 0 saturated heterocycles. The summed E-state index contributed by atoms with van der Waals surface area (Å²) in [5.41, 5.74) is 0. The third kappa shape index (κ3) is 29.4. The molecule has 0 aromatic rings. The molecule has 0 aromatic heterocycles. The Labute approximate surface area is 287 Å². The van der Waals surface area contributed by atoms with Crippen LogP contribution in [0, 0.1) is 0 Å². The minimum atomic E-state index is -0.884. The van der Waals surface area contributed by atoms with Crippen LogP contribution in [-0.4, -0.2) is 80.6 Å². The van der Waals surface area contributed by atoms with E-state index in [-0.39, 0.29) is 42.7 Å². The van der Waals surface area contributed by atoms with E-state index in [1.807, 2.05) is 27.2 Å². The lowest BCUT2D eigenvalue weighted by molar-refractivity contribution is -0.887. The van der Waals surface area contributed by atoms with Gasteiger partial charge in [-0.3, -0.25) is 9.59 Å². The van der Waals surface area contributed by atoms with Crippen LogP contribution in [0.5, 0.6) is 0 Å². The molecule has 0 bridgehead atoms. The van der Waals surface area contributed by atoms with Crippen molar-refractivity contribution >= 4 is 17.9 Å². The number of carboxylic acids is 1. The molecular formula is C39H70NO7+. The van der Waals surface area contributed by atoms with E-state index in [1.54, 1.807) is 0 Å². The summed E-state index contributed by atoms with van der Waals surface area (Å²) in [6.45, 7) is 4.58. The molecule has 0 aliphatic rings. The summed E-state index contributed by atoms with van der Waals surface area (Å²) in [6, 6.07) is -0.619. The number of carbonyl (C=O) groups excluding carboxylic acids is 2. The molecule has 0 aliphatic heterocycles. The molecule has 0 fully saturated rings. The first-order valence-corrected chi connectivity index (χ1v) is 18.5. The summed E-state index contributed by atoms with van der Waals surface area (Å²) in [5, 5.41) is 9.55. The van der Waals surface area contributed by atoms with Gasteiger partial charge in [-0.2, -0.15) is 0 Å². The normalized spacial score (nSPS) is 13.5. The number of hydrogen-bond donors (Lipinski definition) is 1. The van der Waals surface area contributed by atoms with Crippen LogP contribution in [0.1, 0.15) is 142 Å². The van der Waals surface area contributed by atoms with Gasteiger partial charge in [0.05, 0.1) is 34.4 Å². The first kappa shape index (κ1) is 44.5. The van der Waals surface area contributed by atoms with Crippen molar-refractivity contribution in [1.82, 2.24) is 0 Å². The lowest BCUT2D eigenvalue weighted by atomic mass is 10.1. The number of esters is 2. The van der Waals surface area contributed by atoms with Gasteiger partial charge in [0.1, 0.15) is 6.61 Å². The van der Waals surface area contributed by atoms with E-state index in [4.69, 9.17) is 14.2 Å². The van der Waals surface area contributed by atoms with Gasteiger partial charge in [0.25, 0.3) is 0 Å². The molecule has 47 heavy (non-hydrogen) atoms. The topological polar surface area (TPSA) is 99.1 Å². The number of nitrogens with zero attached hydrogens (tertiary/aromatic N) is 1. The van der Waals surface area contributed by atoms with Gasteiger partial charge in [-0.1, -0.05) is 108 Å². The van der Waals surface area contributed by atoms with Crippen LogP contribution >= 0.6 is 0 Å². The zero-order valence-corrected chi connectivity index (χ0v) is 30.7. The van der Waals surface area contributed by atoms with Gasteiger partial charge in [-0.05, 0) is 51.4 Å². The predicted octanol–water partition coefficient (Wildman–Crippen LogP) is 9.13. The van der Waals surface area contributed by atoms with Crippen molar-refractivity contribution in [2.24, 2.45) is 0 Å². The van der Waals surface area contributed by atoms with Crippen LogP contribution in [-0.2, 0) is 28.6 Å². The quantitative estimate of drug-likeness (QED) is 0.0252. The third-order valence-corrected chi connectivity index (χ3v) is 8.05. The minimum absolute atomic E-state index is 0.0419. The lowest BCUT2D eigenvalue weighted by Gasteiger charge is -2.31. The van der Waals surface area contributed by atoms with E-state index >= 15 is 0 Å². The van der Waals surface area contributed by atoms with E-state index < -0.39 is 18.1 Å². The zero-order chi connectivity index (χ0) is 35.0. The van der Waals surface area contributed by atoms with Crippen LogP contribution in [0.3, 0.4) is 0 Å². The Hall–Kier alpha value is -2.45. The summed E-state index contributed by atoms with van der Waals surface area (Å²) >= 11 is 0. The molecule has 0 aromatic carbocycles. The van der Waals surface area contributed by atoms with Crippen molar-refractivity contribution in [3.05, 3.63) is 36.5 Å². The van der Waals surface area contributed by atoms with Crippen molar-refractivity contribution in [2.75, 3.05) is 41.0 Å². The molecule has 0 radical (unpaired) electrons. The van der Waals surface area contributed by atoms with E-state index in [2.05, 4.69) is 44.2 Å². The molecule has 0 aliphatic carbocycles. The van der Waals surface area contributed by atoms with Gasteiger partial charge in [0.2, 0.25) is 0 Å². The average Bonchev–Trinajstić information content (AvgIpc) is 3.01. The predicted molar refractivity (Wildman–Crippen MR) is 192 cm³/mol. The second kappa shape index (κ2) is 30.9. The van der Waals surface area contributed by atoms with Gasteiger partial charge in [0.15, 0.2) is 12.1 Å². The standard InChI is InChI=1S/C39H69NO7/c1-6-8-10-12-14-16-17-18-19-20-21-22-24-25-27-29-37(41)46-34-35(33-45-32-31-36(39(43)44)40(3,4)5)47-38(42)30-28-26-23-15-13-11-9-7-2/h14,16-18,23,26,35-36H,6-13,15,19-22,24-25,27-34H2,1-5H3/p+1/b16-14+,18-17+,26-23+.